The normalized spacial score (nSPS) is 19.5. The average Bonchev–Trinajstić information content (AvgIpc) is 3.26. The van der Waals surface area contributed by atoms with Gasteiger partial charge in [-0.1, -0.05) is 106 Å². The van der Waals surface area contributed by atoms with E-state index in [1.165, 1.54) is 55.0 Å². The van der Waals surface area contributed by atoms with E-state index in [1.54, 1.807) is 0 Å². The fourth-order valence-electron chi connectivity index (χ4n) is 7.57. The average molecular weight is 541 g/mol. The molecule has 2 heteroatoms. The van der Waals surface area contributed by atoms with E-state index < -0.39 is 0 Å². The van der Waals surface area contributed by atoms with Gasteiger partial charge >= 0.3 is 0 Å². The highest BCUT2D eigenvalue weighted by Gasteiger charge is 2.41. The SMILES string of the molecule is CC1(C)c2ccccc2-c2ccc(C3=c4ccccc4=C(c4cccc(-c5ccncc5)n4)[C@@]4(C)CC=CC=C34)cc21. The lowest BCUT2D eigenvalue weighted by molar-refractivity contribution is 0.545. The van der Waals surface area contributed by atoms with Gasteiger partial charge in [0.05, 0.1) is 11.4 Å². The molecule has 2 heterocycles. The standard InChI is InChI=1S/C40H32N2/c1-39(2)32-14-7-6-11-28(32)29-19-18-27(25-34(29)39)37-30-12-4-5-13-31(30)38(40(3)22-9-8-15-33(37)40)36-17-10-16-35(42-36)26-20-23-41-24-21-26/h4-21,23-25H,22H2,1-3H3/t40-/m0/s1. The summed E-state index contributed by atoms with van der Waals surface area (Å²) in [5.41, 5.74) is 13.6. The Morgan fingerprint density at radius 3 is 2.24 bits per heavy atom. The van der Waals surface area contributed by atoms with E-state index >= 15 is 0 Å². The first-order valence-electron chi connectivity index (χ1n) is 14.8. The monoisotopic (exact) mass is 540 g/mol. The van der Waals surface area contributed by atoms with Gasteiger partial charge in [0.25, 0.3) is 0 Å². The molecule has 0 saturated heterocycles. The number of allylic oxidation sites excluding steroid dienone is 4. The third-order valence-electron chi connectivity index (χ3n) is 9.66. The quantitative estimate of drug-likeness (QED) is 0.234. The number of hydrogen-bond acceptors (Lipinski definition) is 2. The van der Waals surface area contributed by atoms with Crippen LogP contribution in [0.15, 0.2) is 133 Å². The van der Waals surface area contributed by atoms with Gasteiger partial charge in [0.2, 0.25) is 0 Å². The Hall–Kier alpha value is -4.82. The molecule has 1 atom stereocenters. The zero-order chi connectivity index (χ0) is 28.5. The van der Waals surface area contributed by atoms with Crippen molar-refractivity contribution >= 4 is 11.1 Å². The number of fused-ring (bicyclic) bond motifs is 5. The van der Waals surface area contributed by atoms with Gasteiger partial charge in [-0.25, -0.2) is 4.98 Å². The second-order valence-corrected chi connectivity index (χ2v) is 12.4. The summed E-state index contributed by atoms with van der Waals surface area (Å²) in [6.07, 6.45) is 11.5. The lowest BCUT2D eigenvalue weighted by atomic mass is 9.63. The van der Waals surface area contributed by atoms with Crippen molar-refractivity contribution in [3.05, 3.63) is 166 Å². The first-order chi connectivity index (χ1) is 20.5. The third-order valence-corrected chi connectivity index (χ3v) is 9.66. The number of hydrogen-bond donors (Lipinski definition) is 0. The molecule has 2 nitrogen and oxygen atoms in total. The molecule has 42 heavy (non-hydrogen) atoms. The Balaban J connectivity index is 1.42. The van der Waals surface area contributed by atoms with Crippen molar-refractivity contribution in [2.45, 2.75) is 32.6 Å². The van der Waals surface area contributed by atoms with E-state index in [0.29, 0.717) is 0 Å². The molecule has 0 spiro atoms. The molecule has 202 valence electrons. The minimum atomic E-state index is -0.222. The van der Waals surface area contributed by atoms with Gasteiger partial charge in [-0.2, -0.15) is 0 Å². The van der Waals surface area contributed by atoms with Crippen molar-refractivity contribution in [3.8, 4) is 22.4 Å². The van der Waals surface area contributed by atoms with Crippen LogP contribution in [0.3, 0.4) is 0 Å². The summed E-state index contributed by atoms with van der Waals surface area (Å²) in [5, 5.41) is 2.54. The first-order valence-corrected chi connectivity index (χ1v) is 14.8. The highest BCUT2D eigenvalue weighted by molar-refractivity contribution is 5.92. The molecule has 0 unspecified atom stereocenters. The number of aromatic nitrogens is 2. The van der Waals surface area contributed by atoms with Gasteiger partial charge in [0.1, 0.15) is 0 Å². The number of rotatable bonds is 3. The second kappa shape index (κ2) is 9.09. The zero-order valence-electron chi connectivity index (χ0n) is 24.2. The highest BCUT2D eigenvalue weighted by atomic mass is 14.7. The Bertz CT molecular complexity index is 2100. The molecular formula is C40H32N2. The molecular weight excluding hydrogens is 508 g/mol. The van der Waals surface area contributed by atoms with Crippen molar-refractivity contribution in [1.82, 2.24) is 9.97 Å². The summed E-state index contributed by atoms with van der Waals surface area (Å²) in [4.78, 5) is 9.47. The van der Waals surface area contributed by atoms with E-state index in [9.17, 15) is 0 Å². The number of nitrogens with zero attached hydrogens (tertiary/aromatic N) is 2. The second-order valence-electron chi connectivity index (χ2n) is 12.4. The zero-order valence-corrected chi connectivity index (χ0v) is 24.2. The molecule has 0 saturated carbocycles. The number of benzene rings is 3. The molecule has 0 radical (unpaired) electrons. The van der Waals surface area contributed by atoms with Crippen LogP contribution in [0.1, 0.15) is 49.6 Å². The fraction of sp³-hybridized carbons (Fsp3) is 0.150. The molecule has 0 N–H and O–H groups in total. The summed E-state index contributed by atoms with van der Waals surface area (Å²) >= 11 is 0. The Labute approximate surface area is 247 Å². The Morgan fingerprint density at radius 1 is 0.643 bits per heavy atom. The van der Waals surface area contributed by atoms with E-state index in [-0.39, 0.29) is 10.8 Å². The Kier molecular flexibility index (Phi) is 5.40. The minimum Gasteiger partial charge on any atom is -0.265 e. The molecule has 3 aliphatic carbocycles. The van der Waals surface area contributed by atoms with Crippen molar-refractivity contribution in [2.24, 2.45) is 5.41 Å². The molecule has 3 aliphatic rings. The molecule has 0 bridgehead atoms. The van der Waals surface area contributed by atoms with Gasteiger partial charge in [0, 0.05) is 28.8 Å². The first kappa shape index (κ1) is 24.9. The number of pyridine rings is 2. The van der Waals surface area contributed by atoms with E-state index in [2.05, 4.69) is 129 Å². The van der Waals surface area contributed by atoms with Crippen molar-refractivity contribution in [2.75, 3.05) is 0 Å². The largest absolute Gasteiger partial charge is 0.265 e. The maximum absolute atomic E-state index is 5.26. The van der Waals surface area contributed by atoms with Crippen LogP contribution in [0.4, 0.5) is 0 Å². The van der Waals surface area contributed by atoms with Crippen LogP contribution < -0.4 is 10.4 Å². The van der Waals surface area contributed by atoms with Crippen LogP contribution in [0.5, 0.6) is 0 Å². The lowest BCUT2D eigenvalue weighted by Crippen LogP contribution is -2.42. The molecule has 0 amide bonds. The van der Waals surface area contributed by atoms with Crippen LogP contribution in [0.2, 0.25) is 0 Å². The summed E-state index contributed by atoms with van der Waals surface area (Å²) in [7, 11) is 0. The van der Waals surface area contributed by atoms with E-state index in [1.807, 2.05) is 24.5 Å². The summed E-state index contributed by atoms with van der Waals surface area (Å²) in [6, 6.07) is 35.4. The van der Waals surface area contributed by atoms with Gasteiger partial charge < -0.3 is 0 Å². The van der Waals surface area contributed by atoms with Crippen molar-refractivity contribution in [3.63, 3.8) is 0 Å². The molecule has 0 fully saturated rings. The van der Waals surface area contributed by atoms with Crippen LogP contribution >= 0.6 is 0 Å². The van der Waals surface area contributed by atoms with Gasteiger partial charge in [-0.05, 0) is 91.7 Å². The van der Waals surface area contributed by atoms with Crippen LogP contribution in [-0.4, -0.2) is 9.97 Å². The van der Waals surface area contributed by atoms with E-state index in [4.69, 9.17) is 4.98 Å². The highest BCUT2D eigenvalue weighted by Crippen LogP contribution is 2.52. The summed E-state index contributed by atoms with van der Waals surface area (Å²) < 4.78 is 0. The topological polar surface area (TPSA) is 25.8 Å². The maximum atomic E-state index is 5.26. The van der Waals surface area contributed by atoms with Crippen LogP contribution in [0.25, 0.3) is 33.5 Å². The smallest absolute Gasteiger partial charge is 0.0710 e. The third kappa shape index (κ3) is 3.51. The van der Waals surface area contributed by atoms with Crippen molar-refractivity contribution in [1.29, 1.82) is 0 Å². The van der Waals surface area contributed by atoms with Crippen LogP contribution in [-0.2, 0) is 5.41 Å². The summed E-state index contributed by atoms with van der Waals surface area (Å²) in [5.74, 6) is 0. The predicted octanol–water partition coefficient (Wildman–Crippen LogP) is 7.75. The lowest BCUT2D eigenvalue weighted by Gasteiger charge is -2.40. The molecule has 8 rings (SSSR count). The molecule has 2 aromatic heterocycles. The molecule has 3 aromatic carbocycles. The van der Waals surface area contributed by atoms with Gasteiger partial charge in [-0.3, -0.25) is 4.98 Å². The van der Waals surface area contributed by atoms with Crippen molar-refractivity contribution < 1.29 is 0 Å². The fourth-order valence-corrected chi connectivity index (χ4v) is 7.57. The van der Waals surface area contributed by atoms with Crippen LogP contribution in [0, 0.1) is 5.41 Å². The molecule has 0 aliphatic heterocycles. The molecule has 5 aromatic rings. The summed E-state index contributed by atoms with van der Waals surface area (Å²) in [6.45, 7) is 7.13. The van der Waals surface area contributed by atoms with E-state index in [0.717, 1.165) is 23.4 Å². The predicted molar refractivity (Wildman–Crippen MR) is 172 cm³/mol. The van der Waals surface area contributed by atoms with Gasteiger partial charge in [0.15, 0.2) is 0 Å². The Morgan fingerprint density at radius 2 is 1.38 bits per heavy atom. The van der Waals surface area contributed by atoms with Gasteiger partial charge in [-0.15, -0.1) is 0 Å². The maximum Gasteiger partial charge on any atom is 0.0710 e. The minimum absolute atomic E-state index is 0.0462.